The van der Waals surface area contributed by atoms with Crippen LogP contribution >= 0.6 is 0 Å². The van der Waals surface area contributed by atoms with E-state index in [-0.39, 0.29) is 6.10 Å². The summed E-state index contributed by atoms with van der Waals surface area (Å²) >= 11 is 0. The van der Waals surface area contributed by atoms with E-state index in [4.69, 9.17) is 9.26 Å². The van der Waals surface area contributed by atoms with Gasteiger partial charge in [0.2, 0.25) is 0 Å². The zero-order chi connectivity index (χ0) is 10.7. The molecule has 84 valence electrons. The molecule has 2 rings (SSSR count). The van der Waals surface area contributed by atoms with E-state index in [1.807, 2.05) is 6.20 Å². The fourth-order valence-electron chi connectivity index (χ4n) is 1.86. The van der Waals surface area contributed by atoms with Gasteiger partial charge in [-0.2, -0.15) is 0 Å². The van der Waals surface area contributed by atoms with E-state index in [0.29, 0.717) is 5.92 Å². The van der Waals surface area contributed by atoms with Gasteiger partial charge in [0.15, 0.2) is 5.76 Å². The van der Waals surface area contributed by atoms with Crippen LogP contribution in [0.2, 0.25) is 0 Å². The molecule has 1 fully saturated rings. The first-order valence-electron chi connectivity index (χ1n) is 5.53. The van der Waals surface area contributed by atoms with Gasteiger partial charge < -0.3 is 14.6 Å². The van der Waals surface area contributed by atoms with Gasteiger partial charge >= 0.3 is 0 Å². The van der Waals surface area contributed by atoms with Gasteiger partial charge in [-0.1, -0.05) is 19.0 Å². The van der Waals surface area contributed by atoms with Crippen molar-refractivity contribution < 1.29 is 9.26 Å². The molecule has 0 amide bonds. The molecule has 1 aliphatic rings. The lowest BCUT2D eigenvalue weighted by atomic mass is 10.0. The Kier molecular flexibility index (Phi) is 3.38. The molecular weight excluding hydrogens is 192 g/mol. The maximum atomic E-state index is 5.65. The molecule has 0 bridgehead atoms. The van der Waals surface area contributed by atoms with Gasteiger partial charge in [-0.25, -0.2) is 0 Å². The smallest absolute Gasteiger partial charge is 0.169 e. The van der Waals surface area contributed by atoms with Crippen LogP contribution in [-0.2, 0) is 11.2 Å². The van der Waals surface area contributed by atoms with E-state index in [9.17, 15) is 0 Å². The molecule has 1 aliphatic heterocycles. The minimum absolute atomic E-state index is 0.0370. The fraction of sp³-hybridized carbons (Fsp3) is 0.727. The molecule has 0 radical (unpaired) electrons. The topological polar surface area (TPSA) is 47.3 Å². The summed E-state index contributed by atoms with van der Waals surface area (Å²) in [4.78, 5) is 0. The van der Waals surface area contributed by atoms with Gasteiger partial charge in [0, 0.05) is 18.7 Å². The molecular formula is C11H18N2O2. The van der Waals surface area contributed by atoms with Gasteiger partial charge in [0.1, 0.15) is 6.10 Å². The van der Waals surface area contributed by atoms with Crippen LogP contribution in [0.15, 0.2) is 10.7 Å². The van der Waals surface area contributed by atoms with Gasteiger partial charge in [0.05, 0.1) is 12.8 Å². The molecule has 2 heterocycles. The summed E-state index contributed by atoms with van der Waals surface area (Å²) in [7, 11) is 0. The number of nitrogens with zero attached hydrogens (tertiary/aromatic N) is 1. The first-order valence-corrected chi connectivity index (χ1v) is 5.53. The molecule has 1 atom stereocenters. The van der Waals surface area contributed by atoms with Crippen molar-refractivity contribution in [2.75, 3.05) is 19.7 Å². The normalized spacial score (nSPS) is 22.2. The summed E-state index contributed by atoms with van der Waals surface area (Å²) in [6, 6.07) is 0. The Morgan fingerprint density at radius 2 is 2.47 bits per heavy atom. The SMILES string of the molecule is CC(C)Cc1cnoc1C1CNCCO1. The van der Waals surface area contributed by atoms with Crippen LogP contribution in [-0.4, -0.2) is 24.9 Å². The molecule has 0 saturated carbocycles. The number of rotatable bonds is 3. The van der Waals surface area contributed by atoms with Crippen molar-refractivity contribution in [3.05, 3.63) is 17.5 Å². The first-order chi connectivity index (χ1) is 7.27. The lowest BCUT2D eigenvalue weighted by Gasteiger charge is -2.22. The lowest BCUT2D eigenvalue weighted by Crippen LogP contribution is -2.33. The minimum Gasteiger partial charge on any atom is -0.367 e. The Morgan fingerprint density at radius 3 is 3.13 bits per heavy atom. The molecule has 4 nitrogen and oxygen atoms in total. The Bertz CT molecular complexity index is 303. The molecule has 15 heavy (non-hydrogen) atoms. The highest BCUT2D eigenvalue weighted by Gasteiger charge is 2.23. The largest absolute Gasteiger partial charge is 0.367 e. The van der Waals surface area contributed by atoms with Crippen molar-refractivity contribution in [1.82, 2.24) is 10.5 Å². The van der Waals surface area contributed by atoms with E-state index in [1.54, 1.807) is 0 Å². The van der Waals surface area contributed by atoms with Crippen LogP contribution in [0.5, 0.6) is 0 Å². The van der Waals surface area contributed by atoms with Crippen LogP contribution in [0, 0.1) is 5.92 Å². The number of nitrogens with one attached hydrogen (secondary N) is 1. The predicted molar refractivity (Wildman–Crippen MR) is 56.6 cm³/mol. The summed E-state index contributed by atoms with van der Waals surface area (Å²) in [5, 5.41) is 7.16. The highest BCUT2D eigenvalue weighted by Crippen LogP contribution is 2.24. The van der Waals surface area contributed by atoms with E-state index in [2.05, 4.69) is 24.3 Å². The Balaban J connectivity index is 2.09. The monoisotopic (exact) mass is 210 g/mol. The van der Waals surface area contributed by atoms with E-state index in [1.165, 1.54) is 5.56 Å². The first kappa shape index (κ1) is 10.6. The van der Waals surface area contributed by atoms with Crippen molar-refractivity contribution in [1.29, 1.82) is 0 Å². The minimum atomic E-state index is 0.0370. The number of hydrogen-bond acceptors (Lipinski definition) is 4. The molecule has 0 spiro atoms. The highest BCUT2D eigenvalue weighted by molar-refractivity contribution is 5.17. The molecule has 1 unspecified atom stereocenters. The van der Waals surface area contributed by atoms with Gasteiger partial charge in [0.25, 0.3) is 0 Å². The summed E-state index contributed by atoms with van der Waals surface area (Å²) in [6.45, 7) is 6.87. The van der Waals surface area contributed by atoms with Crippen molar-refractivity contribution in [2.45, 2.75) is 26.4 Å². The fourth-order valence-corrected chi connectivity index (χ4v) is 1.86. The molecule has 1 saturated heterocycles. The average Bonchev–Trinajstić information content (AvgIpc) is 2.66. The van der Waals surface area contributed by atoms with Crippen molar-refractivity contribution in [2.24, 2.45) is 5.92 Å². The third kappa shape index (κ3) is 2.58. The van der Waals surface area contributed by atoms with Crippen LogP contribution in [0.3, 0.4) is 0 Å². The quantitative estimate of drug-likeness (QED) is 0.822. The molecule has 4 heteroatoms. The second kappa shape index (κ2) is 4.77. The van der Waals surface area contributed by atoms with E-state index in [0.717, 1.165) is 31.9 Å². The van der Waals surface area contributed by atoms with Gasteiger partial charge in [-0.05, 0) is 12.3 Å². The van der Waals surface area contributed by atoms with Gasteiger partial charge in [-0.3, -0.25) is 0 Å². The number of ether oxygens (including phenoxy) is 1. The summed E-state index contributed by atoms with van der Waals surface area (Å²) in [5.74, 6) is 1.51. The second-order valence-electron chi connectivity index (χ2n) is 4.38. The van der Waals surface area contributed by atoms with Crippen LogP contribution in [0.1, 0.15) is 31.3 Å². The van der Waals surface area contributed by atoms with Crippen LogP contribution in [0.4, 0.5) is 0 Å². The number of hydrogen-bond donors (Lipinski definition) is 1. The van der Waals surface area contributed by atoms with Crippen molar-refractivity contribution in [3.8, 4) is 0 Å². The van der Waals surface area contributed by atoms with Crippen LogP contribution < -0.4 is 5.32 Å². The van der Waals surface area contributed by atoms with Crippen LogP contribution in [0.25, 0.3) is 0 Å². The summed E-state index contributed by atoms with van der Waals surface area (Å²) in [5.41, 5.74) is 1.18. The number of morpholine rings is 1. The number of aromatic nitrogens is 1. The maximum absolute atomic E-state index is 5.65. The molecule has 1 aromatic heterocycles. The molecule has 0 aromatic carbocycles. The third-order valence-corrected chi connectivity index (χ3v) is 2.52. The average molecular weight is 210 g/mol. The Hall–Kier alpha value is -0.870. The zero-order valence-electron chi connectivity index (χ0n) is 9.32. The predicted octanol–water partition coefficient (Wildman–Crippen LogP) is 1.53. The maximum Gasteiger partial charge on any atom is 0.169 e. The standard InChI is InChI=1S/C11H18N2O2/c1-8(2)5-9-6-13-15-11(9)10-7-12-3-4-14-10/h6,8,10,12H,3-5,7H2,1-2H3. The third-order valence-electron chi connectivity index (χ3n) is 2.52. The van der Waals surface area contributed by atoms with E-state index >= 15 is 0 Å². The zero-order valence-corrected chi connectivity index (χ0v) is 9.32. The lowest BCUT2D eigenvalue weighted by molar-refractivity contribution is 0.0101. The molecule has 0 aliphatic carbocycles. The second-order valence-corrected chi connectivity index (χ2v) is 4.38. The molecule has 1 N–H and O–H groups in total. The Labute approximate surface area is 90.0 Å². The summed E-state index contributed by atoms with van der Waals surface area (Å²) < 4.78 is 10.9. The molecule has 1 aromatic rings. The van der Waals surface area contributed by atoms with Crippen molar-refractivity contribution >= 4 is 0 Å². The summed E-state index contributed by atoms with van der Waals surface area (Å²) in [6.07, 6.45) is 2.85. The Morgan fingerprint density at radius 1 is 1.60 bits per heavy atom. The van der Waals surface area contributed by atoms with Gasteiger partial charge in [-0.15, -0.1) is 0 Å². The van der Waals surface area contributed by atoms with E-state index < -0.39 is 0 Å². The van der Waals surface area contributed by atoms with Crippen molar-refractivity contribution in [3.63, 3.8) is 0 Å². The highest BCUT2D eigenvalue weighted by atomic mass is 16.5.